The lowest BCUT2D eigenvalue weighted by atomic mass is 9.81. The minimum Gasteiger partial charge on any atom is -0.361 e. The molecule has 2 atom stereocenters. The Morgan fingerprint density at radius 2 is 2.26 bits per heavy atom. The second-order valence-corrected chi connectivity index (χ2v) is 8.30. The van der Waals surface area contributed by atoms with Gasteiger partial charge in [0.25, 0.3) is 0 Å². The number of rotatable bonds is 6. The summed E-state index contributed by atoms with van der Waals surface area (Å²) in [7, 11) is 0. The zero-order valence-corrected chi connectivity index (χ0v) is 16.5. The van der Waals surface area contributed by atoms with Crippen LogP contribution >= 0.6 is 11.3 Å². The molecular formula is C21H26N4OS. The van der Waals surface area contributed by atoms with E-state index in [9.17, 15) is 4.79 Å². The quantitative estimate of drug-likeness (QED) is 0.660. The van der Waals surface area contributed by atoms with Crippen molar-refractivity contribution in [1.29, 1.82) is 0 Å². The molecule has 1 aliphatic heterocycles. The van der Waals surface area contributed by atoms with Crippen LogP contribution in [0.25, 0.3) is 10.9 Å². The van der Waals surface area contributed by atoms with E-state index in [-0.39, 0.29) is 5.91 Å². The monoisotopic (exact) mass is 382 g/mol. The summed E-state index contributed by atoms with van der Waals surface area (Å²) >= 11 is 1.47. The fourth-order valence-electron chi connectivity index (χ4n) is 4.23. The van der Waals surface area contributed by atoms with E-state index < -0.39 is 0 Å². The van der Waals surface area contributed by atoms with E-state index in [1.165, 1.54) is 27.8 Å². The molecule has 1 fully saturated rings. The van der Waals surface area contributed by atoms with E-state index in [2.05, 4.69) is 57.6 Å². The number of para-hydroxylation sites is 1. The number of thiazole rings is 1. The van der Waals surface area contributed by atoms with Crippen LogP contribution in [-0.2, 0) is 11.3 Å². The zero-order chi connectivity index (χ0) is 18.6. The standard InChI is InChI=1S/C21H26N4OS/c1-2-15-13-25(14-17-12-23-19-6-4-3-5-18(17)19)9-7-16(15)11-20(26)24-21-22-8-10-27-21/h3-6,8,10,12,15-16,23H,2,7,9,11,13-14H2,1H3,(H,22,24,26)/t15-,16-/m0/s1. The summed E-state index contributed by atoms with van der Waals surface area (Å²) in [4.78, 5) is 22.4. The second-order valence-electron chi connectivity index (χ2n) is 7.40. The minimum atomic E-state index is 0.0958. The fraction of sp³-hybridized carbons (Fsp3) is 0.429. The number of carbonyl (C=O) groups is 1. The van der Waals surface area contributed by atoms with Crippen molar-refractivity contribution < 1.29 is 4.79 Å². The highest BCUT2D eigenvalue weighted by Gasteiger charge is 2.30. The highest BCUT2D eigenvalue weighted by molar-refractivity contribution is 7.13. The Morgan fingerprint density at radius 1 is 1.37 bits per heavy atom. The van der Waals surface area contributed by atoms with Crippen molar-refractivity contribution >= 4 is 33.3 Å². The van der Waals surface area contributed by atoms with Crippen molar-refractivity contribution in [1.82, 2.24) is 14.9 Å². The van der Waals surface area contributed by atoms with Crippen LogP contribution in [0, 0.1) is 11.8 Å². The van der Waals surface area contributed by atoms with E-state index in [0.29, 0.717) is 23.4 Å². The Labute approximate surface area is 163 Å². The van der Waals surface area contributed by atoms with Crippen LogP contribution in [0.4, 0.5) is 5.13 Å². The van der Waals surface area contributed by atoms with Crippen molar-refractivity contribution in [3.8, 4) is 0 Å². The van der Waals surface area contributed by atoms with E-state index in [4.69, 9.17) is 0 Å². The molecule has 5 nitrogen and oxygen atoms in total. The number of amides is 1. The molecule has 2 aromatic heterocycles. The molecule has 1 aliphatic rings. The number of carbonyl (C=O) groups excluding carboxylic acids is 1. The van der Waals surface area contributed by atoms with Gasteiger partial charge in [-0.2, -0.15) is 0 Å². The largest absolute Gasteiger partial charge is 0.361 e. The minimum absolute atomic E-state index is 0.0958. The number of nitrogens with zero attached hydrogens (tertiary/aromatic N) is 2. The van der Waals surface area contributed by atoms with Crippen LogP contribution in [-0.4, -0.2) is 33.9 Å². The summed E-state index contributed by atoms with van der Waals surface area (Å²) in [5, 5.41) is 6.83. The number of nitrogens with one attached hydrogen (secondary N) is 2. The first-order valence-corrected chi connectivity index (χ1v) is 10.6. The van der Waals surface area contributed by atoms with E-state index in [0.717, 1.165) is 32.5 Å². The number of aromatic nitrogens is 2. The van der Waals surface area contributed by atoms with Gasteiger partial charge in [-0.25, -0.2) is 4.98 Å². The SMILES string of the molecule is CC[C@H]1CN(Cc2c[nH]c3ccccc23)CC[C@H]1CC(=O)Nc1nccs1. The molecule has 0 bridgehead atoms. The first-order valence-electron chi connectivity index (χ1n) is 9.69. The van der Waals surface area contributed by atoms with Crippen molar-refractivity contribution in [3.05, 3.63) is 47.6 Å². The smallest absolute Gasteiger partial charge is 0.226 e. The van der Waals surface area contributed by atoms with E-state index in [1.807, 2.05) is 5.38 Å². The van der Waals surface area contributed by atoms with Crippen LogP contribution in [0.1, 0.15) is 31.7 Å². The van der Waals surface area contributed by atoms with Gasteiger partial charge in [0, 0.05) is 48.2 Å². The summed E-state index contributed by atoms with van der Waals surface area (Å²) in [5.41, 5.74) is 2.56. The van der Waals surface area contributed by atoms with Gasteiger partial charge in [-0.3, -0.25) is 9.69 Å². The summed E-state index contributed by atoms with van der Waals surface area (Å²) in [5.74, 6) is 1.11. The van der Waals surface area contributed by atoms with Gasteiger partial charge in [0.2, 0.25) is 5.91 Å². The molecule has 0 unspecified atom stereocenters. The summed E-state index contributed by atoms with van der Waals surface area (Å²) in [6.45, 7) is 5.32. The lowest BCUT2D eigenvalue weighted by Gasteiger charge is -2.38. The van der Waals surface area contributed by atoms with Crippen LogP contribution in [0.5, 0.6) is 0 Å². The number of H-pyrrole nitrogens is 1. The molecule has 0 radical (unpaired) electrons. The third-order valence-electron chi connectivity index (χ3n) is 5.69. The van der Waals surface area contributed by atoms with Crippen molar-refractivity contribution in [3.63, 3.8) is 0 Å². The topological polar surface area (TPSA) is 61.0 Å². The molecular weight excluding hydrogens is 356 g/mol. The number of hydrogen-bond acceptors (Lipinski definition) is 4. The molecule has 142 valence electrons. The third kappa shape index (κ3) is 4.22. The summed E-state index contributed by atoms with van der Waals surface area (Å²) in [6, 6.07) is 8.48. The van der Waals surface area contributed by atoms with Gasteiger partial charge in [-0.1, -0.05) is 31.5 Å². The van der Waals surface area contributed by atoms with E-state index >= 15 is 0 Å². The predicted molar refractivity (Wildman–Crippen MR) is 111 cm³/mol. The van der Waals surface area contributed by atoms with Crippen molar-refractivity contribution in [2.24, 2.45) is 11.8 Å². The summed E-state index contributed by atoms with van der Waals surface area (Å²) in [6.07, 6.45) is 6.64. The molecule has 0 spiro atoms. The average molecular weight is 383 g/mol. The Kier molecular flexibility index (Phi) is 5.55. The van der Waals surface area contributed by atoms with Crippen LogP contribution in [0.2, 0.25) is 0 Å². The van der Waals surface area contributed by atoms with Gasteiger partial charge in [0.1, 0.15) is 0 Å². The molecule has 3 aromatic rings. The molecule has 3 heterocycles. The van der Waals surface area contributed by atoms with Gasteiger partial charge in [0.05, 0.1) is 0 Å². The Hall–Kier alpha value is -2.18. The molecule has 1 saturated heterocycles. The number of hydrogen-bond donors (Lipinski definition) is 2. The molecule has 6 heteroatoms. The van der Waals surface area contributed by atoms with Crippen molar-refractivity contribution in [2.75, 3.05) is 18.4 Å². The molecule has 2 N–H and O–H groups in total. The first kappa shape index (κ1) is 18.2. The molecule has 1 aromatic carbocycles. The van der Waals surface area contributed by atoms with Gasteiger partial charge in [-0.05, 0) is 36.4 Å². The van der Waals surface area contributed by atoms with E-state index in [1.54, 1.807) is 6.20 Å². The maximum absolute atomic E-state index is 12.4. The number of anilines is 1. The lowest BCUT2D eigenvalue weighted by molar-refractivity contribution is -0.118. The van der Waals surface area contributed by atoms with Gasteiger partial charge < -0.3 is 10.3 Å². The molecule has 4 rings (SSSR count). The normalized spacial score (nSPS) is 20.8. The zero-order valence-electron chi connectivity index (χ0n) is 15.6. The first-order chi connectivity index (χ1) is 13.2. The molecule has 0 aliphatic carbocycles. The van der Waals surface area contributed by atoms with Gasteiger partial charge in [-0.15, -0.1) is 11.3 Å². The lowest BCUT2D eigenvalue weighted by Crippen LogP contribution is -2.41. The van der Waals surface area contributed by atoms with Gasteiger partial charge in [0.15, 0.2) is 5.13 Å². The number of piperidine rings is 1. The number of likely N-dealkylation sites (tertiary alicyclic amines) is 1. The predicted octanol–water partition coefficient (Wildman–Crippen LogP) is 4.50. The second kappa shape index (κ2) is 8.23. The fourth-order valence-corrected chi connectivity index (χ4v) is 4.77. The average Bonchev–Trinajstić information content (AvgIpc) is 3.33. The van der Waals surface area contributed by atoms with Crippen LogP contribution < -0.4 is 5.32 Å². The highest BCUT2D eigenvalue weighted by Crippen LogP contribution is 2.31. The molecule has 0 saturated carbocycles. The number of benzene rings is 1. The van der Waals surface area contributed by atoms with Crippen LogP contribution in [0.3, 0.4) is 0 Å². The highest BCUT2D eigenvalue weighted by atomic mass is 32.1. The maximum atomic E-state index is 12.4. The third-order valence-corrected chi connectivity index (χ3v) is 6.38. The Bertz CT molecular complexity index is 889. The maximum Gasteiger partial charge on any atom is 0.226 e. The molecule has 1 amide bonds. The summed E-state index contributed by atoms with van der Waals surface area (Å²) < 4.78 is 0. The Morgan fingerprint density at radius 3 is 3.07 bits per heavy atom. The number of fused-ring (bicyclic) bond motifs is 1. The number of aromatic amines is 1. The van der Waals surface area contributed by atoms with Gasteiger partial charge >= 0.3 is 0 Å². The van der Waals surface area contributed by atoms with Crippen molar-refractivity contribution in [2.45, 2.75) is 32.7 Å². The van der Waals surface area contributed by atoms with Crippen LogP contribution in [0.15, 0.2) is 42.0 Å². The molecule has 27 heavy (non-hydrogen) atoms. The Balaban J connectivity index is 1.36.